The van der Waals surface area contributed by atoms with Gasteiger partial charge in [0.2, 0.25) is 0 Å². The van der Waals surface area contributed by atoms with E-state index >= 15 is 0 Å². The predicted octanol–water partition coefficient (Wildman–Crippen LogP) is 1.53. The first-order valence-corrected chi connectivity index (χ1v) is 4.83. The third-order valence-corrected chi connectivity index (χ3v) is 2.75. The van der Waals surface area contributed by atoms with Crippen LogP contribution in [0.4, 0.5) is 0 Å². The number of fused-ring (bicyclic) bond motifs is 1. The van der Waals surface area contributed by atoms with Crippen molar-refractivity contribution in [1.82, 2.24) is 5.32 Å². The van der Waals surface area contributed by atoms with Crippen LogP contribution in [-0.4, -0.2) is 25.3 Å². The van der Waals surface area contributed by atoms with Crippen molar-refractivity contribution in [2.75, 3.05) is 13.6 Å². The monoisotopic (exact) mass is 164 g/mol. The van der Waals surface area contributed by atoms with Crippen molar-refractivity contribution in [3.63, 3.8) is 0 Å². The summed E-state index contributed by atoms with van der Waals surface area (Å²) >= 11 is 0. The lowest BCUT2D eigenvalue weighted by molar-refractivity contribution is 0.578. The third kappa shape index (κ3) is 1.31. The van der Waals surface area contributed by atoms with Crippen LogP contribution >= 0.6 is 0 Å². The van der Waals surface area contributed by atoms with Gasteiger partial charge in [0.1, 0.15) is 0 Å². The Morgan fingerprint density at radius 2 is 2.50 bits per heavy atom. The summed E-state index contributed by atoms with van der Waals surface area (Å²) < 4.78 is 0. The van der Waals surface area contributed by atoms with Gasteiger partial charge in [-0.25, -0.2) is 0 Å². The molecule has 1 saturated carbocycles. The van der Waals surface area contributed by atoms with Crippen LogP contribution in [-0.2, 0) is 0 Å². The molecule has 2 aliphatic rings. The second-order valence-corrected chi connectivity index (χ2v) is 3.52. The number of hydrogen-bond donors (Lipinski definition) is 1. The minimum absolute atomic E-state index is 0.533. The normalized spacial score (nSPS) is 28.9. The van der Waals surface area contributed by atoms with Crippen molar-refractivity contribution in [2.45, 2.75) is 31.7 Å². The highest BCUT2D eigenvalue weighted by molar-refractivity contribution is 6.05. The molecule has 0 spiro atoms. The fourth-order valence-electron chi connectivity index (χ4n) is 2.11. The molecule has 1 unspecified atom stereocenters. The number of aliphatic imine (C=N–C) groups is 1. The van der Waals surface area contributed by atoms with E-state index in [4.69, 9.17) is 0 Å². The molecule has 2 heteroatoms. The van der Waals surface area contributed by atoms with E-state index < -0.39 is 0 Å². The van der Waals surface area contributed by atoms with Gasteiger partial charge in [-0.2, -0.15) is 0 Å². The summed E-state index contributed by atoms with van der Waals surface area (Å²) in [6.07, 6.45) is 7.33. The average molecular weight is 164 g/mol. The Morgan fingerprint density at radius 3 is 3.33 bits per heavy atom. The van der Waals surface area contributed by atoms with E-state index in [9.17, 15) is 0 Å². The molecular formula is C10H16N2. The molecule has 12 heavy (non-hydrogen) atoms. The first kappa shape index (κ1) is 7.99. The van der Waals surface area contributed by atoms with Gasteiger partial charge in [0.05, 0.1) is 5.71 Å². The molecule has 1 N–H and O–H groups in total. The van der Waals surface area contributed by atoms with E-state index in [0.717, 1.165) is 13.0 Å². The minimum Gasteiger partial charge on any atom is -0.312 e. The maximum absolute atomic E-state index is 4.59. The predicted molar refractivity (Wildman–Crippen MR) is 51.7 cm³/mol. The van der Waals surface area contributed by atoms with Gasteiger partial charge in [0.25, 0.3) is 0 Å². The van der Waals surface area contributed by atoms with E-state index in [0.29, 0.717) is 6.04 Å². The van der Waals surface area contributed by atoms with Gasteiger partial charge in [-0.1, -0.05) is 6.08 Å². The third-order valence-electron chi connectivity index (χ3n) is 2.75. The van der Waals surface area contributed by atoms with E-state index in [1.165, 1.54) is 30.5 Å². The summed E-state index contributed by atoms with van der Waals surface area (Å²) in [5.74, 6) is 0. The fourth-order valence-corrected chi connectivity index (χ4v) is 2.11. The van der Waals surface area contributed by atoms with Crippen molar-refractivity contribution in [3.8, 4) is 0 Å². The Hall–Kier alpha value is -0.630. The summed E-state index contributed by atoms with van der Waals surface area (Å²) in [5.41, 5.74) is 2.85. The lowest BCUT2D eigenvalue weighted by Gasteiger charge is -2.28. The van der Waals surface area contributed by atoms with E-state index in [1.807, 2.05) is 7.05 Å². The second kappa shape index (κ2) is 3.40. The Kier molecular flexibility index (Phi) is 2.26. The van der Waals surface area contributed by atoms with Gasteiger partial charge >= 0.3 is 0 Å². The molecule has 1 aliphatic heterocycles. The zero-order chi connectivity index (χ0) is 8.39. The summed E-state index contributed by atoms with van der Waals surface area (Å²) in [4.78, 5) is 4.59. The van der Waals surface area contributed by atoms with Crippen LogP contribution in [0.15, 0.2) is 16.6 Å². The molecule has 1 atom stereocenters. The lowest BCUT2D eigenvalue weighted by atomic mass is 9.87. The van der Waals surface area contributed by atoms with Gasteiger partial charge in [-0.15, -0.1) is 0 Å². The molecule has 0 amide bonds. The fraction of sp³-hybridized carbons (Fsp3) is 0.700. The molecule has 0 aromatic rings. The van der Waals surface area contributed by atoms with Crippen molar-refractivity contribution in [2.24, 2.45) is 4.99 Å². The molecule has 66 valence electrons. The summed E-state index contributed by atoms with van der Waals surface area (Å²) in [5, 5.41) is 3.33. The standard InChI is InChI=1S/C10H16N2/c1-11-9-6-2-4-8-5-3-7-12-10(8)9/h5,9,11H,2-4,6-7H2,1H3. The van der Waals surface area contributed by atoms with Crippen LogP contribution in [0.25, 0.3) is 0 Å². The zero-order valence-corrected chi connectivity index (χ0v) is 7.64. The van der Waals surface area contributed by atoms with Gasteiger partial charge in [-0.3, -0.25) is 4.99 Å². The highest BCUT2D eigenvalue weighted by Crippen LogP contribution is 2.24. The molecular weight excluding hydrogens is 148 g/mol. The molecule has 0 saturated heterocycles. The quantitative estimate of drug-likeness (QED) is 0.624. The highest BCUT2D eigenvalue weighted by Gasteiger charge is 2.23. The molecule has 2 rings (SSSR count). The lowest BCUT2D eigenvalue weighted by Crippen LogP contribution is -2.38. The largest absolute Gasteiger partial charge is 0.312 e. The Morgan fingerprint density at radius 1 is 1.58 bits per heavy atom. The Bertz CT molecular complexity index is 228. The van der Waals surface area contributed by atoms with Crippen molar-refractivity contribution >= 4 is 5.71 Å². The smallest absolute Gasteiger partial charge is 0.0546 e. The first-order valence-electron chi connectivity index (χ1n) is 4.83. The van der Waals surface area contributed by atoms with Crippen molar-refractivity contribution in [1.29, 1.82) is 0 Å². The van der Waals surface area contributed by atoms with Crippen molar-refractivity contribution < 1.29 is 0 Å². The van der Waals surface area contributed by atoms with E-state index in [-0.39, 0.29) is 0 Å². The molecule has 2 nitrogen and oxygen atoms in total. The van der Waals surface area contributed by atoms with Gasteiger partial charge < -0.3 is 5.32 Å². The second-order valence-electron chi connectivity index (χ2n) is 3.52. The van der Waals surface area contributed by atoms with Crippen LogP contribution in [0.1, 0.15) is 25.7 Å². The van der Waals surface area contributed by atoms with Crippen LogP contribution in [0.3, 0.4) is 0 Å². The maximum atomic E-state index is 4.59. The molecule has 0 aromatic heterocycles. The van der Waals surface area contributed by atoms with Crippen molar-refractivity contribution in [3.05, 3.63) is 11.6 Å². The number of nitrogens with one attached hydrogen (secondary N) is 1. The minimum atomic E-state index is 0.533. The molecule has 0 bridgehead atoms. The number of nitrogens with zero attached hydrogens (tertiary/aromatic N) is 1. The Balaban J connectivity index is 2.20. The topological polar surface area (TPSA) is 24.4 Å². The average Bonchev–Trinajstić information content (AvgIpc) is 2.17. The van der Waals surface area contributed by atoms with Gasteiger partial charge in [0, 0.05) is 12.6 Å². The summed E-state index contributed by atoms with van der Waals surface area (Å²) in [7, 11) is 2.03. The first-order chi connectivity index (χ1) is 5.92. The Labute approximate surface area is 73.8 Å². The highest BCUT2D eigenvalue weighted by atomic mass is 14.9. The molecule has 1 fully saturated rings. The van der Waals surface area contributed by atoms with Crippen LogP contribution in [0.2, 0.25) is 0 Å². The van der Waals surface area contributed by atoms with Gasteiger partial charge in [-0.05, 0) is 38.3 Å². The maximum Gasteiger partial charge on any atom is 0.0546 e. The molecule has 1 aliphatic carbocycles. The zero-order valence-electron chi connectivity index (χ0n) is 7.64. The number of rotatable bonds is 1. The van der Waals surface area contributed by atoms with Gasteiger partial charge in [0.15, 0.2) is 0 Å². The number of dihydropyridines is 1. The van der Waals surface area contributed by atoms with E-state index in [2.05, 4.69) is 16.4 Å². The summed E-state index contributed by atoms with van der Waals surface area (Å²) in [6, 6.07) is 0.533. The number of hydrogen-bond acceptors (Lipinski definition) is 2. The van der Waals surface area contributed by atoms with Crippen LogP contribution in [0, 0.1) is 0 Å². The van der Waals surface area contributed by atoms with Crippen LogP contribution in [0.5, 0.6) is 0 Å². The molecule has 0 radical (unpaired) electrons. The SMILES string of the molecule is CNC1CCCC2=CCCN=C21. The molecule has 0 aromatic carbocycles. The summed E-state index contributed by atoms with van der Waals surface area (Å²) in [6.45, 7) is 0.997. The van der Waals surface area contributed by atoms with E-state index in [1.54, 1.807) is 0 Å². The molecule has 1 heterocycles. The van der Waals surface area contributed by atoms with Crippen LogP contribution < -0.4 is 5.32 Å².